The molecular weight excluding hydrogens is 244 g/mol. The Morgan fingerprint density at radius 1 is 0.850 bits per heavy atom. The highest BCUT2D eigenvalue weighted by Gasteiger charge is 2.08. The first-order chi connectivity index (χ1) is 9.75. The van der Waals surface area contributed by atoms with Crippen LogP contribution < -0.4 is 5.73 Å². The molecule has 1 heterocycles. The molecule has 2 nitrogen and oxygen atoms in total. The number of aryl methyl sites for hydroxylation is 1. The molecule has 98 valence electrons. The van der Waals surface area contributed by atoms with Gasteiger partial charge in [-0.05, 0) is 41.8 Å². The van der Waals surface area contributed by atoms with E-state index in [-0.39, 0.29) is 0 Å². The van der Waals surface area contributed by atoms with Gasteiger partial charge in [-0.2, -0.15) is 0 Å². The molecule has 0 aliphatic heterocycles. The van der Waals surface area contributed by atoms with Crippen LogP contribution in [0.15, 0.2) is 67.0 Å². The van der Waals surface area contributed by atoms with Crippen molar-refractivity contribution in [2.24, 2.45) is 0 Å². The molecule has 0 amide bonds. The number of anilines is 1. The Morgan fingerprint density at radius 2 is 1.60 bits per heavy atom. The maximum absolute atomic E-state index is 6.17. The predicted molar refractivity (Wildman–Crippen MR) is 84.3 cm³/mol. The van der Waals surface area contributed by atoms with Gasteiger partial charge in [-0.3, -0.25) is 4.98 Å². The van der Waals surface area contributed by atoms with E-state index in [9.17, 15) is 0 Å². The van der Waals surface area contributed by atoms with Gasteiger partial charge < -0.3 is 5.73 Å². The first-order valence-electron chi connectivity index (χ1n) is 6.61. The minimum atomic E-state index is 0.787. The molecule has 3 rings (SSSR count). The molecule has 0 bridgehead atoms. The van der Waals surface area contributed by atoms with E-state index in [4.69, 9.17) is 5.73 Å². The molecule has 0 aliphatic rings. The second-order valence-electron chi connectivity index (χ2n) is 4.86. The molecule has 0 fully saturated rings. The van der Waals surface area contributed by atoms with Crippen molar-refractivity contribution in [1.29, 1.82) is 0 Å². The van der Waals surface area contributed by atoms with Gasteiger partial charge in [-0.1, -0.05) is 36.4 Å². The van der Waals surface area contributed by atoms with E-state index < -0.39 is 0 Å². The molecule has 3 aromatic rings. The number of nitrogen functional groups attached to an aromatic ring is 1. The summed E-state index contributed by atoms with van der Waals surface area (Å²) in [6.45, 7) is 2.09. The summed E-state index contributed by atoms with van der Waals surface area (Å²) in [6, 6.07) is 18.5. The molecule has 2 N–H and O–H groups in total. The van der Waals surface area contributed by atoms with E-state index in [0.29, 0.717) is 0 Å². The van der Waals surface area contributed by atoms with Crippen molar-refractivity contribution < 1.29 is 0 Å². The molecule has 0 aliphatic carbocycles. The highest BCUT2D eigenvalue weighted by atomic mass is 14.6. The van der Waals surface area contributed by atoms with Crippen LogP contribution in [0, 0.1) is 6.92 Å². The SMILES string of the molecule is Cc1cc(N)c(-c2cccnc2)cc1-c1ccccc1. The van der Waals surface area contributed by atoms with Crippen molar-refractivity contribution in [3.63, 3.8) is 0 Å². The second-order valence-corrected chi connectivity index (χ2v) is 4.86. The molecule has 0 saturated heterocycles. The normalized spacial score (nSPS) is 10.4. The van der Waals surface area contributed by atoms with Gasteiger partial charge in [-0.15, -0.1) is 0 Å². The van der Waals surface area contributed by atoms with Gasteiger partial charge >= 0.3 is 0 Å². The quantitative estimate of drug-likeness (QED) is 0.697. The summed E-state index contributed by atoms with van der Waals surface area (Å²) in [6.07, 6.45) is 3.61. The fourth-order valence-corrected chi connectivity index (χ4v) is 2.43. The summed E-state index contributed by atoms with van der Waals surface area (Å²) >= 11 is 0. The van der Waals surface area contributed by atoms with Crippen LogP contribution in [-0.4, -0.2) is 4.98 Å². The third-order valence-corrected chi connectivity index (χ3v) is 3.45. The summed E-state index contributed by atoms with van der Waals surface area (Å²) in [4.78, 5) is 4.17. The largest absolute Gasteiger partial charge is 0.398 e. The summed E-state index contributed by atoms with van der Waals surface area (Å²) < 4.78 is 0. The molecular formula is C18H16N2. The van der Waals surface area contributed by atoms with E-state index in [0.717, 1.165) is 16.8 Å². The maximum Gasteiger partial charge on any atom is 0.0397 e. The fraction of sp³-hybridized carbons (Fsp3) is 0.0556. The van der Waals surface area contributed by atoms with Gasteiger partial charge in [0.05, 0.1) is 0 Å². The van der Waals surface area contributed by atoms with Crippen LogP contribution in [0.25, 0.3) is 22.3 Å². The highest BCUT2D eigenvalue weighted by Crippen LogP contribution is 2.33. The van der Waals surface area contributed by atoms with Gasteiger partial charge in [0.1, 0.15) is 0 Å². The van der Waals surface area contributed by atoms with E-state index in [1.807, 2.05) is 30.5 Å². The van der Waals surface area contributed by atoms with Gasteiger partial charge in [0.2, 0.25) is 0 Å². The van der Waals surface area contributed by atoms with Gasteiger partial charge in [0, 0.05) is 29.2 Å². The number of hydrogen-bond donors (Lipinski definition) is 1. The van der Waals surface area contributed by atoms with Crippen molar-refractivity contribution in [3.8, 4) is 22.3 Å². The Bertz CT molecular complexity index is 658. The highest BCUT2D eigenvalue weighted by molar-refractivity contribution is 5.83. The van der Waals surface area contributed by atoms with Crippen molar-refractivity contribution in [2.75, 3.05) is 5.73 Å². The molecule has 0 spiro atoms. The van der Waals surface area contributed by atoms with E-state index in [1.54, 1.807) is 6.20 Å². The van der Waals surface area contributed by atoms with Gasteiger partial charge in [-0.25, -0.2) is 0 Å². The van der Waals surface area contributed by atoms with Gasteiger partial charge in [0.15, 0.2) is 0 Å². The number of aromatic nitrogens is 1. The van der Waals surface area contributed by atoms with Crippen LogP contribution in [-0.2, 0) is 0 Å². The van der Waals surface area contributed by atoms with E-state index >= 15 is 0 Å². The third kappa shape index (κ3) is 2.28. The van der Waals surface area contributed by atoms with Crippen molar-refractivity contribution >= 4 is 5.69 Å². The molecule has 0 atom stereocenters. The molecule has 0 radical (unpaired) electrons. The number of nitrogens with two attached hydrogens (primary N) is 1. The van der Waals surface area contributed by atoms with Crippen LogP contribution in [0.1, 0.15) is 5.56 Å². The number of rotatable bonds is 2. The summed E-state index contributed by atoms with van der Waals surface area (Å²) in [5.41, 5.74) is 12.6. The van der Waals surface area contributed by atoms with Gasteiger partial charge in [0.25, 0.3) is 0 Å². The van der Waals surface area contributed by atoms with E-state index in [2.05, 4.69) is 42.2 Å². The zero-order valence-electron chi connectivity index (χ0n) is 11.4. The topological polar surface area (TPSA) is 38.9 Å². The third-order valence-electron chi connectivity index (χ3n) is 3.45. The average molecular weight is 260 g/mol. The number of hydrogen-bond acceptors (Lipinski definition) is 2. The number of nitrogens with zero attached hydrogens (tertiary/aromatic N) is 1. The Kier molecular flexibility index (Phi) is 3.21. The van der Waals surface area contributed by atoms with Crippen molar-refractivity contribution in [3.05, 3.63) is 72.6 Å². The van der Waals surface area contributed by atoms with Crippen LogP contribution in [0.2, 0.25) is 0 Å². The van der Waals surface area contributed by atoms with Crippen molar-refractivity contribution in [2.45, 2.75) is 6.92 Å². The van der Waals surface area contributed by atoms with Crippen LogP contribution in [0.3, 0.4) is 0 Å². The fourth-order valence-electron chi connectivity index (χ4n) is 2.43. The molecule has 2 heteroatoms. The second kappa shape index (κ2) is 5.17. The predicted octanol–water partition coefficient (Wildman–Crippen LogP) is 4.31. The Balaban J connectivity index is 2.19. The Labute approximate surface area is 118 Å². The molecule has 0 saturated carbocycles. The van der Waals surface area contributed by atoms with E-state index in [1.165, 1.54) is 16.7 Å². The van der Waals surface area contributed by atoms with Crippen LogP contribution in [0.4, 0.5) is 5.69 Å². The standard InChI is InChI=1S/C18H16N2/c1-13-10-18(19)17(15-8-5-9-20-12-15)11-16(13)14-6-3-2-4-7-14/h2-12H,19H2,1H3. The Morgan fingerprint density at radius 3 is 2.30 bits per heavy atom. The van der Waals surface area contributed by atoms with Crippen LogP contribution >= 0.6 is 0 Å². The lowest BCUT2D eigenvalue weighted by Crippen LogP contribution is -1.94. The minimum Gasteiger partial charge on any atom is -0.398 e. The zero-order chi connectivity index (χ0) is 13.9. The zero-order valence-corrected chi connectivity index (χ0v) is 11.4. The number of pyridine rings is 1. The lowest BCUT2D eigenvalue weighted by atomic mass is 9.94. The maximum atomic E-state index is 6.17. The summed E-state index contributed by atoms with van der Waals surface area (Å²) in [5, 5.41) is 0. The Hall–Kier alpha value is -2.61. The lowest BCUT2D eigenvalue weighted by molar-refractivity contribution is 1.33. The molecule has 1 aromatic heterocycles. The number of benzene rings is 2. The lowest BCUT2D eigenvalue weighted by Gasteiger charge is -2.12. The average Bonchev–Trinajstić information content (AvgIpc) is 2.49. The first kappa shape index (κ1) is 12.4. The monoisotopic (exact) mass is 260 g/mol. The molecule has 2 aromatic carbocycles. The molecule has 20 heavy (non-hydrogen) atoms. The molecule has 0 unspecified atom stereocenters. The van der Waals surface area contributed by atoms with Crippen molar-refractivity contribution in [1.82, 2.24) is 4.98 Å². The minimum absolute atomic E-state index is 0.787. The smallest absolute Gasteiger partial charge is 0.0397 e. The van der Waals surface area contributed by atoms with Crippen LogP contribution in [0.5, 0.6) is 0 Å². The summed E-state index contributed by atoms with van der Waals surface area (Å²) in [5.74, 6) is 0. The first-order valence-corrected chi connectivity index (χ1v) is 6.61. The summed E-state index contributed by atoms with van der Waals surface area (Å²) in [7, 11) is 0.